The summed E-state index contributed by atoms with van der Waals surface area (Å²) < 4.78 is 37.6. The zero-order valence-electron chi connectivity index (χ0n) is 19.6. The third-order valence-corrected chi connectivity index (χ3v) is 6.95. The number of ether oxygens (including phenoxy) is 4. The van der Waals surface area contributed by atoms with Gasteiger partial charge in [0.05, 0.1) is 40.1 Å². The van der Waals surface area contributed by atoms with Gasteiger partial charge in [-0.2, -0.15) is 0 Å². The Bertz CT molecular complexity index is 1110. The van der Waals surface area contributed by atoms with Crippen LogP contribution in [0.5, 0.6) is 11.5 Å². The fourth-order valence-corrected chi connectivity index (χ4v) is 5.21. The van der Waals surface area contributed by atoms with Crippen LogP contribution in [0.2, 0.25) is 0 Å². The van der Waals surface area contributed by atoms with Gasteiger partial charge in [0, 0.05) is 24.4 Å². The highest BCUT2D eigenvalue weighted by molar-refractivity contribution is 5.43. The molecule has 2 aliphatic heterocycles. The summed E-state index contributed by atoms with van der Waals surface area (Å²) in [7, 11) is 3.35. The highest BCUT2D eigenvalue weighted by Crippen LogP contribution is 2.47. The molecule has 3 aromatic rings. The summed E-state index contributed by atoms with van der Waals surface area (Å²) in [6, 6.07) is 23.0. The predicted octanol–water partition coefficient (Wildman–Crippen LogP) is 5.32. The maximum Gasteiger partial charge on any atom is 0.146 e. The molecule has 3 aromatic carbocycles. The molecule has 5 rings (SSSR count). The minimum absolute atomic E-state index is 0.00430. The molecule has 2 fully saturated rings. The fraction of sp³-hybridized carbons (Fsp3) is 0.357. The monoisotopic (exact) mass is 463 g/mol. The highest BCUT2D eigenvalue weighted by atomic mass is 19.1. The number of hydrogen-bond acceptors (Lipinski definition) is 5. The third-order valence-electron chi connectivity index (χ3n) is 6.95. The molecule has 0 bridgehead atoms. The number of nitrogens with zero attached hydrogens (tertiary/aromatic N) is 1. The third kappa shape index (κ3) is 4.41. The molecular weight excluding hydrogens is 433 g/mol. The molecule has 0 N–H and O–H groups in total. The zero-order valence-corrected chi connectivity index (χ0v) is 19.6. The van der Waals surface area contributed by atoms with E-state index in [1.807, 2.05) is 48.5 Å². The van der Waals surface area contributed by atoms with Crippen molar-refractivity contribution >= 4 is 0 Å². The molecule has 0 saturated carbocycles. The standard InChI is InChI=1S/C28H30FNO4/c1-31-24-12-13-27(32-2)25(14-24)22-15-28(19-33-17-22)30(16-20-6-4-3-5-7-20)26(18-34-28)21-8-10-23(29)11-9-21/h3-14,22,26H,15-19H2,1-2H3/t22-,26-,28?/m1/s1. The van der Waals surface area contributed by atoms with Gasteiger partial charge in [-0.1, -0.05) is 42.5 Å². The maximum absolute atomic E-state index is 13.7. The van der Waals surface area contributed by atoms with E-state index >= 15 is 0 Å². The van der Waals surface area contributed by atoms with E-state index in [4.69, 9.17) is 18.9 Å². The molecular formula is C28H30FNO4. The normalized spacial score (nSPS) is 24.9. The first-order valence-electron chi connectivity index (χ1n) is 11.6. The van der Waals surface area contributed by atoms with Crippen molar-refractivity contribution in [1.29, 1.82) is 0 Å². The van der Waals surface area contributed by atoms with Crippen molar-refractivity contribution in [3.63, 3.8) is 0 Å². The van der Waals surface area contributed by atoms with Gasteiger partial charge in [-0.05, 0) is 41.5 Å². The van der Waals surface area contributed by atoms with Gasteiger partial charge in [-0.15, -0.1) is 0 Å². The van der Waals surface area contributed by atoms with Gasteiger partial charge < -0.3 is 18.9 Å². The first-order valence-corrected chi connectivity index (χ1v) is 11.6. The molecule has 3 atom stereocenters. The number of methoxy groups -OCH3 is 2. The second-order valence-electron chi connectivity index (χ2n) is 8.96. The van der Waals surface area contributed by atoms with Crippen molar-refractivity contribution in [2.75, 3.05) is 34.0 Å². The minimum atomic E-state index is -0.605. The summed E-state index contributed by atoms with van der Waals surface area (Å²) in [5.74, 6) is 1.43. The van der Waals surface area contributed by atoms with E-state index in [9.17, 15) is 4.39 Å². The number of rotatable bonds is 6. The van der Waals surface area contributed by atoms with Crippen molar-refractivity contribution in [2.45, 2.75) is 30.7 Å². The lowest BCUT2D eigenvalue weighted by molar-refractivity contribution is -0.172. The van der Waals surface area contributed by atoms with Crippen LogP contribution in [0.3, 0.4) is 0 Å². The Morgan fingerprint density at radius 3 is 2.50 bits per heavy atom. The van der Waals surface area contributed by atoms with Gasteiger partial charge in [0.25, 0.3) is 0 Å². The van der Waals surface area contributed by atoms with E-state index in [1.54, 1.807) is 14.2 Å². The van der Waals surface area contributed by atoms with Crippen LogP contribution in [-0.4, -0.2) is 44.7 Å². The highest BCUT2D eigenvalue weighted by Gasteiger charge is 2.51. The fourth-order valence-electron chi connectivity index (χ4n) is 5.21. The van der Waals surface area contributed by atoms with Crippen LogP contribution in [0, 0.1) is 5.82 Å². The Morgan fingerprint density at radius 1 is 0.971 bits per heavy atom. The SMILES string of the molecule is COc1ccc(OC)c([C@H]2COCC3(C2)OC[C@H](c2ccc(F)cc2)N3Cc2ccccc2)c1. The predicted molar refractivity (Wildman–Crippen MR) is 128 cm³/mol. The lowest BCUT2D eigenvalue weighted by Crippen LogP contribution is -2.53. The van der Waals surface area contributed by atoms with Gasteiger partial charge in [0.2, 0.25) is 0 Å². The van der Waals surface area contributed by atoms with Crippen molar-refractivity contribution < 1.29 is 23.3 Å². The molecule has 2 heterocycles. The molecule has 0 aliphatic carbocycles. The summed E-state index contributed by atoms with van der Waals surface area (Å²) in [4.78, 5) is 2.38. The Hall–Kier alpha value is -2.93. The Balaban J connectivity index is 1.50. The van der Waals surface area contributed by atoms with E-state index in [0.717, 1.165) is 29.0 Å². The minimum Gasteiger partial charge on any atom is -0.497 e. The van der Waals surface area contributed by atoms with E-state index in [1.165, 1.54) is 17.7 Å². The van der Waals surface area contributed by atoms with Crippen LogP contribution >= 0.6 is 0 Å². The Morgan fingerprint density at radius 2 is 1.76 bits per heavy atom. The summed E-state index contributed by atoms with van der Waals surface area (Å²) in [5, 5.41) is 0. The van der Waals surface area contributed by atoms with Crippen LogP contribution in [-0.2, 0) is 16.0 Å². The molecule has 0 amide bonds. The average Bonchev–Trinajstić information content (AvgIpc) is 3.21. The van der Waals surface area contributed by atoms with Gasteiger partial charge in [-0.25, -0.2) is 4.39 Å². The summed E-state index contributed by atoms with van der Waals surface area (Å²) in [5.41, 5.74) is 2.68. The van der Waals surface area contributed by atoms with Gasteiger partial charge >= 0.3 is 0 Å². The molecule has 5 nitrogen and oxygen atoms in total. The summed E-state index contributed by atoms with van der Waals surface area (Å²) in [6.07, 6.45) is 0.751. The number of halogens is 1. The van der Waals surface area contributed by atoms with Gasteiger partial charge in [0.15, 0.2) is 0 Å². The van der Waals surface area contributed by atoms with E-state index in [0.29, 0.717) is 26.4 Å². The van der Waals surface area contributed by atoms with E-state index < -0.39 is 5.72 Å². The molecule has 2 aliphatic rings. The molecule has 0 aromatic heterocycles. The molecule has 1 spiro atoms. The molecule has 2 saturated heterocycles. The second kappa shape index (κ2) is 9.74. The van der Waals surface area contributed by atoms with Crippen molar-refractivity contribution in [1.82, 2.24) is 4.90 Å². The first-order chi connectivity index (χ1) is 16.6. The second-order valence-corrected chi connectivity index (χ2v) is 8.96. The molecule has 0 radical (unpaired) electrons. The van der Waals surface area contributed by atoms with Gasteiger partial charge in [-0.3, -0.25) is 4.90 Å². The largest absolute Gasteiger partial charge is 0.497 e. The maximum atomic E-state index is 13.7. The van der Waals surface area contributed by atoms with Gasteiger partial charge in [0.1, 0.15) is 23.0 Å². The Kier molecular flexibility index (Phi) is 6.55. The van der Waals surface area contributed by atoms with Crippen molar-refractivity contribution in [3.8, 4) is 11.5 Å². The van der Waals surface area contributed by atoms with Crippen molar-refractivity contribution in [3.05, 3.63) is 95.3 Å². The van der Waals surface area contributed by atoms with E-state index in [2.05, 4.69) is 17.0 Å². The Labute approximate surface area is 200 Å². The summed E-state index contributed by atoms with van der Waals surface area (Å²) in [6.45, 7) is 2.27. The quantitative estimate of drug-likeness (QED) is 0.495. The lowest BCUT2D eigenvalue weighted by atomic mass is 9.87. The molecule has 178 valence electrons. The topological polar surface area (TPSA) is 40.2 Å². The molecule has 34 heavy (non-hydrogen) atoms. The van der Waals surface area contributed by atoms with Crippen LogP contribution in [0.4, 0.5) is 4.39 Å². The first kappa shape index (κ1) is 22.8. The zero-order chi connectivity index (χ0) is 23.5. The van der Waals surface area contributed by atoms with E-state index in [-0.39, 0.29) is 17.8 Å². The molecule has 6 heteroatoms. The van der Waals surface area contributed by atoms with Crippen molar-refractivity contribution in [2.24, 2.45) is 0 Å². The summed E-state index contributed by atoms with van der Waals surface area (Å²) >= 11 is 0. The van der Waals surface area contributed by atoms with Crippen LogP contribution in [0.1, 0.15) is 35.1 Å². The lowest BCUT2D eigenvalue weighted by Gasteiger charge is -2.44. The smallest absolute Gasteiger partial charge is 0.146 e. The number of benzene rings is 3. The van der Waals surface area contributed by atoms with Crippen LogP contribution in [0.15, 0.2) is 72.8 Å². The van der Waals surface area contributed by atoms with Crippen LogP contribution < -0.4 is 9.47 Å². The molecule has 1 unspecified atom stereocenters. The van der Waals surface area contributed by atoms with Crippen LogP contribution in [0.25, 0.3) is 0 Å². The average molecular weight is 464 g/mol. The number of hydrogen-bond donors (Lipinski definition) is 0.